The Labute approximate surface area is 209 Å². The van der Waals surface area contributed by atoms with Crippen LogP contribution in [0, 0.1) is 29.1 Å². The molecule has 35 heavy (non-hydrogen) atoms. The molecule has 3 unspecified atom stereocenters. The number of aromatic nitrogens is 1. The first-order valence-electron chi connectivity index (χ1n) is 12.8. The van der Waals surface area contributed by atoms with E-state index in [-0.39, 0.29) is 22.1 Å². The number of primary amides is 1. The van der Waals surface area contributed by atoms with Gasteiger partial charge in [-0.25, -0.2) is 0 Å². The van der Waals surface area contributed by atoms with Crippen LogP contribution in [0.5, 0.6) is 5.88 Å². The molecule has 3 aromatic rings. The van der Waals surface area contributed by atoms with Crippen molar-refractivity contribution < 1.29 is 9.90 Å². The summed E-state index contributed by atoms with van der Waals surface area (Å²) in [6.07, 6.45) is 8.47. The third kappa shape index (κ3) is 4.12. The molecule has 0 radical (unpaired) electrons. The lowest BCUT2D eigenvalue weighted by atomic mass is 9.44. The first-order chi connectivity index (χ1) is 16.9. The minimum Gasteiger partial charge on any atom is -0.494 e. The maximum absolute atomic E-state index is 12.7. The van der Waals surface area contributed by atoms with Gasteiger partial charge in [-0.15, -0.1) is 0 Å². The van der Waals surface area contributed by atoms with E-state index in [1.807, 2.05) is 0 Å². The zero-order valence-corrected chi connectivity index (χ0v) is 20.7. The Kier molecular flexibility index (Phi) is 5.59. The molecule has 182 valence electrons. The topological polar surface area (TPSA) is 96.2 Å². The second kappa shape index (κ2) is 8.66. The Hall–Kier alpha value is -2.86. The van der Waals surface area contributed by atoms with Gasteiger partial charge in [-0.05, 0) is 90.9 Å². The summed E-state index contributed by atoms with van der Waals surface area (Å²) in [4.78, 5) is 26.9. The van der Waals surface area contributed by atoms with E-state index in [9.17, 15) is 14.7 Å². The van der Waals surface area contributed by atoms with Crippen molar-refractivity contribution in [2.75, 3.05) is 0 Å². The first kappa shape index (κ1) is 22.6. The van der Waals surface area contributed by atoms with E-state index in [1.54, 1.807) is 0 Å². The lowest BCUT2D eigenvalue weighted by Gasteiger charge is -2.60. The van der Waals surface area contributed by atoms with Crippen LogP contribution < -0.4 is 10.6 Å². The summed E-state index contributed by atoms with van der Waals surface area (Å²) in [7, 11) is 0. The van der Waals surface area contributed by atoms with E-state index in [4.69, 9.17) is 5.73 Å². The van der Waals surface area contributed by atoms with Gasteiger partial charge >= 0.3 is 4.87 Å². The van der Waals surface area contributed by atoms with Crippen molar-refractivity contribution in [3.63, 3.8) is 0 Å². The maximum Gasteiger partial charge on any atom is 0.307 e. The number of amides is 1. The number of hydrogen-bond donors (Lipinski definition) is 3. The molecule has 3 atom stereocenters. The van der Waals surface area contributed by atoms with Crippen LogP contribution in [-0.2, 0) is 17.6 Å². The maximum atomic E-state index is 12.7. The molecule has 4 fully saturated rings. The van der Waals surface area contributed by atoms with Gasteiger partial charge in [0.1, 0.15) is 0 Å². The van der Waals surface area contributed by atoms with Crippen LogP contribution in [0.1, 0.15) is 54.5 Å². The van der Waals surface area contributed by atoms with Crippen molar-refractivity contribution in [3.8, 4) is 17.0 Å². The standard InChI is InChI=1S/C29H32N2O3S/c30-27(33)29-15-19-10-20(16-29)13-23(12-19)24(29)9-6-17-2-1-3-22(11-17)21-7-4-18(5-8-21)14-25-26(32)31-28(34)35-25/h1-5,7-8,11,19-20,23-24,32H,6,9-10,12-16H2,(H2,30,33)(H,31,34). The second-order valence-corrected chi connectivity index (χ2v) is 12.2. The molecular formula is C29H32N2O3S. The molecule has 1 amide bonds. The summed E-state index contributed by atoms with van der Waals surface area (Å²) in [5.74, 6) is 2.45. The molecule has 4 bridgehead atoms. The number of nitrogens with two attached hydrogens (primary N) is 1. The Morgan fingerprint density at radius 2 is 1.77 bits per heavy atom. The number of nitrogens with one attached hydrogen (secondary N) is 1. The molecule has 0 saturated heterocycles. The predicted molar refractivity (Wildman–Crippen MR) is 138 cm³/mol. The van der Waals surface area contributed by atoms with E-state index in [0.717, 1.165) is 48.1 Å². The monoisotopic (exact) mass is 488 g/mol. The largest absolute Gasteiger partial charge is 0.494 e. The normalized spacial score (nSPS) is 28.9. The fourth-order valence-electron chi connectivity index (χ4n) is 7.74. The molecule has 1 heterocycles. The van der Waals surface area contributed by atoms with Gasteiger partial charge in [0.25, 0.3) is 0 Å². The molecule has 0 aliphatic heterocycles. The fraction of sp³-hybridized carbons (Fsp3) is 0.448. The van der Waals surface area contributed by atoms with E-state index < -0.39 is 0 Å². The average molecular weight is 489 g/mol. The van der Waals surface area contributed by atoms with Crippen LogP contribution >= 0.6 is 11.3 Å². The minimum atomic E-state index is -0.260. The molecular weight excluding hydrogens is 456 g/mol. The van der Waals surface area contributed by atoms with Gasteiger partial charge in [0.05, 0.1) is 10.3 Å². The molecule has 0 spiro atoms. The molecule has 6 heteroatoms. The lowest BCUT2D eigenvalue weighted by Crippen LogP contribution is -2.58. The summed E-state index contributed by atoms with van der Waals surface area (Å²) >= 11 is 1.05. The van der Waals surface area contributed by atoms with Crippen molar-refractivity contribution in [2.45, 2.75) is 51.4 Å². The van der Waals surface area contributed by atoms with Crippen LogP contribution in [0.15, 0.2) is 53.3 Å². The number of carbonyl (C=O) groups is 1. The zero-order chi connectivity index (χ0) is 24.2. The van der Waals surface area contributed by atoms with Crippen LogP contribution in [0.25, 0.3) is 11.1 Å². The molecule has 2 aromatic carbocycles. The Balaban J connectivity index is 1.16. The number of benzene rings is 2. The van der Waals surface area contributed by atoms with E-state index >= 15 is 0 Å². The van der Waals surface area contributed by atoms with Gasteiger partial charge in [0.2, 0.25) is 11.8 Å². The molecule has 4 saturated carbocycles. The number of aromatic hydroxyl groups is 1. The molecule has 4 aliphatic rings. The first-order valence-corrected chi connectivity index (χ1v) is 13.6. The van der Waals surface area contributed by atoms with Crippen molar-refractivity contribution in [1.29, 1.82) is 0 Å². The van der Waals surface area contributed by atoms with Crippen LogP contribution in [0.2, 0.25) is 0 Å². The number of thiazole rings is 1. The molecule has 5 nitrogen and oxygen atoms in total. The van der Waals surface area contributed by atoms with Crippen LogP contribution in [0.3, 0.4) is 0 Å². The van der Waals surface area contributed by atoms with Gasteiger partial charge < -0.3 is 10.8 Å². The van der Waals surface area contributed by atoms with Gasteiger partial charge in [0.15, 0.2) is 0 Å². The summed E-state index contributed by atoms with van der Waals surface area (Å²) in [6, 6.07) is 17.0. The van der Waals surface area contributed by atoms with E-state index in [1.165, 1.54) is 30.4 Å². The minimum absolute atomic E-state index is 0.0333. The number of carbonyl (C=O) groups excluding carboxylic acids is 1. The van der Waals surface area contributed by atoms with Crippen LogP contribution in [0.4, 0.5) is 0 Å². The quantitative estimate of drug-likeness (QED) is 0.423. The number of H-pyrrole nitrogens is 1. The van der Waals surface area contributed by atoms with Crippen molar-refractivity contribution in [3.05, 3.63) is 74.2 Å². The highest BCUT2D eigenvalue weighted by molar-refractivity contribution is 7.09. The van der Waals surface area contributed by atoms with E-state index in [0.29, 0.717) is 35.0 Å². The highest BCUT2D eigenvalue weighted by Crippen LogP contribution is 2.63. The van der Waals surface area contributed by atoms with Crippen LogP contribution in [-0.4, -0.2) is 16.0 Å². The third-order valence-corrected chi connectivity index (χ3v) is 9.91. The predicted octanol–water partition coefficient (Wildman–Crippen LogP) is 5.26. The van der Waals surface area contributed by atoms with Crippen molar-refractivity contribution in [1.82, 2.24) is 4.98 Å². The highest BCUT2D eigenvalue weighted by Gasteiger charge is 2.59. The van der Waals surface area contributed by atoms with Crippen molar-refractivity contribution in [2.24, 2.45) is 34.8 Å². The number of aryl methyl sites for hydroxylation is 1. The smallest absolute Gasteiger partial charge is 0.307 e. The van der Waals surface area contributed by atoms with E-state index in [2.05, 4.69) is 53.5 Å². The Morgan fingerprint density at radius 1 is 1.03 bits per heavy atom. The fourth-order valence-corrected chi connectivity index (χ4v) is 8.50. The average Bonchev–Trinajstić information content (AvgIpc) is 3.15. The Morgan fingerprint density at radius 3 is 2.43 bits per heavy atom. The molecule has 7 rings (SSSR count). The second-order valence-electron chi connectivity index (χ2n) is 11.1. The summed E-state index contributed by atoms with van der Waals surface area (Å²) in [5, 5.41) is 9.84. The SMILES string of the molecule is NC(=O)C12CC3CC(CC(C3)C1CCc1cccc(-c3ccc(Cc4sc(=O)[nH]c4O)cc3)c1)C2. The van der Waals surface area contributed by atoms with Gasteiger partial charge in [0, 0.05) is 6.42 Å². The summed E-state index contributed by atoms with van der Waals surface area (Å²) in [5.41, 5.74) is 10.5. The van der Waals surface area contributed by atoms with Gasteiger partial charge in [-0.2, -0.15) is 0 Å². The Bertz CT molecular complexity index is 1290. The third-order valence-electron chi connectivity index (χ3n) is 9.04. The van der Waals surface area contributed by atoms with Gasteiger partial charge in [-0.1, -0.05) is 59.9 Å². The summed E-state index contributed by atoms with van der Waals surface area (Å²) in [6.45, 7) is 0. The lowest BCUT2D eigenvalue weighted by molar-refractivity contribution is -0.157. The summed E-state index contributed by atoms with van der Waals surface area (Å²) < 4.78 is 0. The zero-order valence-electron chi connectivity index (χ0n) is 19.8. The molecule has 4 aliphatic carbocycles. The number of aromatic amines is 1. The van der Waals surface area contributed by atoms with Gasteiger partial charge in [-0.3, -0.25) is 14.6 Å². The highest BCUT2D eigenvalue weighted by atomic mass is 32.1. The number of hydrogen-bond acceptors (Lipinski definition) is 4. The van der Waals surface area contributed by atoms with Crippen molar-refractivity contribution >= 4 is 17.2 Å². The molecule has 1 aromatic heterocycles. The molecule has 4 N–H and O–H groups in total. The number of rotatable bonds is 7.